The van der Waals surface area contributed by atoms with E-state index in [4.69, 9.17) is 34.8 Å². The number of anilines is 1. The van der Waals surface area contributed by atoms with Crippen molar-refractivity contribution < 1.29 is 9.59 Å². The van der Waals surface area contributed by atoms with Crippen molar-refractivity contribution in [2.75, 3.05) is 5.32 Å². The fourth-order valence-electron chi connectivity index (χ4n) is 3.84. The van der Waals surface area contributed by atoms with Crippen molar-refractivity contribution in [3.63, 3.8) is 0 Å². The molecule has 2 aliphatic carbocycles. The molecule has 4 rings (SSSR count). The minimum absolute atomic E-state index is 0.0358. The quantitative estimate of drug-likeness (QED) is 0.516. The van der Waals surface area contributed by atoms with Crippen molar-refractivity contribution in [1.82, 2.24) is 0 Å². The van der Waals surface area contributed by atoms with Gasteiger partial charge in [0.25, 0.3) is 0 Å². The molecule has 26 heavy (non-hydrogen) atoms. The van der Waals surface area contributed by atoms with Gasteiger partial charge in [-0.3, -0.25) is 9.59 Å². The van der Waals surface area contributed by atoms with Crippen LogP contribution in [0.1, 0.15) is 63.9 Å². The van der Waals surface area contributed by atoms with Gasteiger partial charge in [-0.1, -0.05) is 78.3 Å². The Bertz CT molecular complexity index is 933. The molecule has 0 aromatic heterocycles. The number of carbonyl (C=O) groups is 2. The van der Waals surface area contributed by atoms with Gasteiger partial charge in [0.1, 0.15) is 0 Å². The summed E-state index contributed by atoms with van der Waals surface area (Å²) in [4.78, 5) is 26.2. The molecule has 0 saturated heterocycles. The van der Waals surface area contributed by atoms with E-state index in [1.165, 1.54) is 6.42 Å². The van der Waals surface area contributed by atoms with Gasteiger partial charge in [-0.2, -0.15) is 0 Å². The number of carbonyl (C=O) groups excluding carboxylic acids is 2. The van der Waals surface area contributed by atoms with Crippen molar-refractivity contribution in [3.8, 4) is 0 Å². The highest BCUT2D eigenvalue weighted by atomic mass is 35.5. The zero-order chi connectivity index (χ0) is 18.4. The van der Waals surface area contributed by atoms with Gasteiger partial charge >= 0.3 is 0 Å². The Hall–Kier alpha value is -1.55. The summed E-state index contributed by atoms with van der Waals surface area (Å²) in [5.41, 5.74) is 1.51. The Balaban J connectivity index is 1.92. The normalized spacial score (nSPS) is 17.0. The van der Waals surface area contributed by atoms with E-state index in [1.54, 1.807) is 24.3 Å². The van der Waals surface area contributed by atoms with Crippen molar-refractivity contribution >= 4 is 52.1 Å². The molecule has 2 aliphatic rings. The van der Waals surface area contributed by atoms with E-state index in [-0.39, 0.29) is 43.8 Å². The van der Waals surface area contributed by atoms with Crippen LogP contribution < -0.4 is 5.32 Å². The Labute approximate surface area is 166 Å². The van der Waals surface area contributed by atoms with Crippen molar-refractivity contribution in [2.24, 2.45) is 0 Å². The summed E-state index contributed by atoms with van der Waals surface area (Å²) in [6, 6.07) is 6.94. The number of halogens is 3. The molecule has 0 radical (unpaired) electrons. The highest BCUT2D eigenvalue weighted by Gasteiger charge is 2.37. The number of benzene rings is 2. The summed E-state index contributed by atoms with van der Waals surface area (Å²) in [7, 11) is 0. The molecule has 1 N–H and O–H groups in total. The molecule has 0 heterocycles. The number of hydrogen-bond acceptors (Lipinski definition) is 3. The first-order valence-corrected chi connectivity index (χ1v) is 9.79. The maximum Gasteiger partial charge on any atom is 0.196 e. The van der Waals surface area contributed by atoms with Gasteiger partial charge in [0.05, 0.1) is 31.9 Å². The zero-order valence-corrected chi connectivity index (χ0v) is 16.1. The molecule has 2 aromatic carbocycles. The van der Waals surface area contributed by atoms with Crippen LogP contribution in [-0.2, 0) is 0 Å². The summed E-state index contributed by atoms with van der Waals surface area (Å²) in [5.74, 6) is -0.556. The highest BCUT2D eigenvalue weighted by Crippen LogP contribution is 2.46. The summed E-state index contributed by atoms with van der Waals surface area (Å²) >= 11 is 19.1. The van der Waals surface area contributed by atoms with Crippen LogP contribution in [0.3, 0.4) is 0 Å². The second-order valence-corrected chi connectivity index (χ2v) is 7.88. The molecule has 0 atom stereocenters. The molecular weight excluding hydrogens is 393 g/mol. The molecule has 0 aliphatic heterocycles. The van der Waals surface area contributed by atoms with E-state index in [2.05, 4.69) is 5.32 Å². The van der Waals surface area contributed by atoms with Gasteiger partial charge in [-0.05, 0) is 12.8 Å². The second-order valence-electron chi connectivity index (χ2n) is 6.75. The van der Waals surface area contributed by atoms with E-state index in [0.717, 1.165) is 25.7 Å². The third-order valence-corrected chi connectivity index (χ3v) is 6.48. The SMILES string of the molecule is O=C1c2ccccc2C(=O)c2c(NC3CCCCC3)c(Cl)c(Cl)c(Cl)c21. The van der Waals surface area contributed by atoms with Gasteiger partial charge in [-0.15, -0.1) is 0 Å². The summed E-state index contributed by atoms with van der Waals surface area (Å²) < 4.78 is 0. The molecule has 6 heteroatoms. The average molecular weight is 409 g/mol. The van der Waals surface area contributed by atoms with Crippen LogP contribution in [-0.4, -0.2) is 17.6 Å². The van der Waals surface area contributed by atoms with Crippen molar-refractivity contribution in [1.29, 1.82) is 0 Å². The topological polar surface area (TPSA) is 46.2 Å². The molecular formula is C20H16Cl3NO2. The van der Waals surface area contributed by atoms with Crippen LogP contribution in [0.2, 0.25) is 15.1 Å². The van der Waals surface area contributed by atoms with Crippen molar-refractivity contribution in [3.05, 3.63) is 61.6 Å². The van der Waals surface area contributed by atoms with Crippen LogP contribution in [0.15, 0.2) is 24.3 Å². The number of nitrogens with one attached hydrogen (secondary N) is 1. The average Bonchev–Trinajstić information content (AvgIpc) is 2.67. The molecule has 3 nitrogen and oxygen atoms in total. The molecule has 0 amide bonds. The first-order chi connectivity index (χ1) is 12.5. The highest BCUT2D eigenvalue weighted by molar-refractivity contribution is 6.52. The Morgan fingerprint density at radius 2 is 1.35 bits per heavy atom. The number of hydrogen-bond donors (Lipinski definition) is 1. The number of fused-ring (bicyclic) bond motifs is 2. The van der Waals surface area contributed by atoms with E-state index in [9.17, 15) is 9.59 Å². The third-order valence-electron chi connectivity index (χ3n) is 5.15. The fraction of sp³-hybridized carbons (Fsp3) is 0.300. The Morgan fingerprint density at radius 3 is 1.96 bits per heavy atom. The molecule has 0 bridgehead atoms. The lowest BCUT2D eigenvalue weighted by atomic mass is 9.82. The predicted molar refractivity (Wildman–Crippen MR) is 105 cm³/mol. The van der Waals surface area contributed by atoms with E-state index >= 15 is 0 Å². The van der Waals surface area contributed by atoms with Gasteiger partial charge < -0.3 is 5.32 Å². The van der Waals surface area contributed by atoms with Gasteiger partial charge in [0, 0.05) is 17.2 Å². The zero-order valence-electron chi connectivity index (χ0n) is 13.9. The summed E-state index contributed by atoms with van der Waals surface area (Å²) in [5, 5.41) is 3.71. The molecule has 1 saturated carbocycles. The Kier molecular flexibility index (Phi) is 4.72. The first kappa shape index (κ1) is 17.8. The van der Waals surface area contributed by atoms with Gasteiger partial charge in [0.15, 0.2) is 11.6 Å². The number of rotatable bonds is 2. The van der Waals surface area contributed by atoms with E-state index in [0.29, 0.717) is 16.8 Å². The van der Waals surface area contributed by atoms with Crippen LogP contribution in [0, 0.1) is 0 Å². The lowest BCUT2D eigenvalue weighted by Gasteiger charge is -2.28. The first-order valence-electron chi connectivity index (χ1n) is 8.66. The van der Waals surface area contributed by atoms with Crippen LogP contribution in [0.4, 0.5) is 5.69 Å². The van der Waals surface area contributed by atoms with Crippen LogP contribution >= 0.6 is 34.8 Å². The van der Waals surface area contributed by atoms with E-state index in [1.807, 2.05) is 0 Å². The van der Waals surface area contributed by atoms with Crippen LogP contribution in [0.25, 0.3) is 0 Å². The molecule has 134 valence electrons. The summed E-state index contributed by atoms with van der Waals surface area (Å²) in [6.45, 7) is 0. The van der Waals surface area contributed by atoms with E-state index < -0.39 is 0 Å². The van der Waals surface area contributed by atoms with Crippen molar-refractivity contribution in [2.45, 2.75) is 38.1 Å². The maximum absolute atomic E-state index is 13.2. The predicted octanol–water partition coefficient (Wildman–Crippen LogP) is 6.17. The monoisotopic (exact) mass is 407 g/mol. The standard InChI is InChI=1S/C20H16Cl3NO2/c21-15-13-14(20(26)12-9-5-4-8-11(12)19(13)25)18(17(23)16(15)22)24-10-6-2-1-3-7-10/h4-5,8-10,24H,1-3,6-7H2. The molecule has 0 spiro atoms. The maximum atomic E-state index is 13.2. The smallest absolute Gasteiger partial charge is 0.196 e. The number of ketones is 2. The lowest BCUT2D eigenvalue weighted by Crippen LogP contribution is -2.27. The third kappa shape index (κ3) is 2.74. The minimum atomic E-state index is -0.300. The molecule has 0 unspecified atom stereocenters. The lowest BCUT2D eigenvalue weighted by molar-refractivity contribution is 0.0979. The summed E-state index contributed by atoms with van der Waals surface area (Å²) in [6.07, 6.45) is 5.42. The second kappa shape index (κ2) is 6.88. The van der Waals surface area contributed by atoms with Gasteiger partial charge in [-0.25, -0.2) is 0 Å². The van der Waals surface area contributed by atoms with Crippen LogP contribution in [0.5, 0.6) is 0 Å². The fourth-order valence-corrected chi connectivity index (χ4v) is 4.59. The Morgan fingerprint density at radius 1 is 0.769 bits per heavy atom. The largest absolute Gasteiger partial charge is 0.380 e. The van der Waals surface area contributed by atoms with Gasteiger partial charge in [0.2, 0.25) is 0 Å². The minimum Gasteiger partial charge on any atom is -0.380 e. The molecule has 2 aromatic rings. The molecule has 1 fully saturated rings.